The molecule has 2 aliphatic rings. The van der Waals surface area contributed by atoms with E-state index in [1.807, 2.05) is 42.5 Å². The van der Waals surface area contributed by atoms with E-state index in [0.29, 0.717) is 18.9 Å². The smallest absolute Gasteiger partial charge is 0.410 e. The summed E-state index contributed by atoms with van der Waals surface area (Å²) in [5.41, 5.74) is 3.13. The number of likely N-dealkylation sites (N-methyl/N-ethyl adjacent to an activating group) is 1. The maximum atomic E-state index is 13.2. The van der Waals surface area contributed by atoms with Gasteiger partial charge in [-0.3, -0.25) is 9.69 Å². The molecule has 1 saturated heterocycles. The summed E-state index contributed by atoms with van der Waals surface area (Å²) in [6.45, 7) is 2.82. The maximum Gasteiger partial charge on any atom is 0.410 e. The summed E-state index contributed by atoms with van der Waals surface area (Å²) in [5.74, 6) is 0.889. The van der Waals surface area contributed by atoms with Gasteiger partial charge in [0.15, 0.2) is 0 Å². The Morgan fingerprint density at radius 3 is 2.41 bits per heavy atom. The van der Waals surface area contributed by atoms with Crippen LogP contribution < -0.4 is 4.90 Å². The molecule has 5 nitrogen and oxygen atoms in total. The summed E-state index contributed by atoms with van der Waals surface area (Å²) >= 11 is 0. The molecule has 29 heavy (non-hydrogen) atoms. The van der Waals surface area contributed by atoms with Gasteiger partial charge in [0.1, 0.15) is 12.6 Å². The van der Waals surface area contributed by atoms with Crippen LogP contribution in [0.3, 0.4) is 0 Å². The van der Waals surface area contributed by atoms with Crippen molar-refractivity contribution in [1.29, 1.82) is 0 Å². The summed E-state index contributed by atoms with van der Waals surface area (Å²) in [7, 11) is 1.78. The quantitative estimate of drug-likeness (QED) is 0.749. The Bertz CT molecular complexity index is 861. The lowest BCUT2D eigenvalue weighted by atomic mass is 10.1. The first-order valence-electron chi connectivity index (χ1n) is 10.4. The number of amides is 2. The topological polar surface area (TPSA) is 49.9 Å². The molecule has 0 aromatic heterocycles. The Morgan fingerprint density at radius 1 is 1.07 bits per heavy atom. The Kier molecular flexibility index (Phi) is 5.56. The molecule has 2 fully saturated rings. The van der Waals surface area contributed by atoms with E-state index < -0.39 is 12.1 Å². The highest BCUT2D eigenvalue weighted by Crippen LogP contribution is 2.40. The summed E-state index contributed by atoms with van der Waals surface area (Å²) in [6.07, 6.45) is 2.75. The van der Waals surface area contributed by atoms with Crippen LogP contribution in [-0.4, -0.2) is 36.5 Å². The number of benzene rings is 2. The SMILES string of the molecule is C[C@H]1C[C@H](C(=O)N(C)c2ccc(C3CC3)cc2)N(C(=O)OCc2ccccc2)C1. The maximum absolute atomic E-state index is 13.2. The second-order valence-corrected chi connectivity index (χ2v) is 8.31. The molecule has 0 unspecified atom stereocenters. The summed E-state index contributed by atoms with van der Waals surface area (Å²) in [5, 5.41) is 0. The second kappa shape index (κ2) is 8.27. The first-order valence-corrected chi connectivity index (χ1v) is 10.4. The van der Waals surface area contributed by atoms with Crippen LogP contribution in [0.5, 0.6) is 0 Å². The van der Waals surface area contributed by atoms with E-state index in [9.17, 15) is 9.59 Å². The van der Waals surface area contributed by atoms with Crippen molar-refractivity contribution < 1.29 is 14.3 Å². The van der Waals surface area contributed by atoms with Gasteiger partial charge in [0.2, 0.25) is 5.91 Å². The number of likely N-dealkylation sites (tertiary alicyclic amines) is 1. The van der Waals surface area contributed by atoms with Crippen LogP contribution in [0.2, 0.25) is 0 Å². The lowest BCUT2D eigenvalue weighted by molar-refractivity contribution is -0.122. The molecule has 0 N–H and O–H groups in total. The number of hydrogen-bond donors (Lipinski definition) is 0. The van der Waals surface area contributed by atoms with E-state index in [1.165, 1.54) is 18.4 Å². The number of carbonyl (C=O) groups is 2. The molecule has 0 radical (unpaired) electrons. The van der Waals surface area contributed by atoms with E-state index >= 15 is 0 Å². The van der Waals surface area contributed by atoms with Crippen molar-refractivity contribution in [3.63, 3.8) is 0 Å². The molecule has 1 aliphatic carbocycles. The third-order valence-electron chi connectivity index (χ3n) is 5.89. The highest BCUT2D eigenvalue weighted by molar-refractivity contribution is 5.98. The van der Waals surface area contributed by atoms with E-state index in [0.717, 1.165) is 11.3 Å². The fraction of sp³-hybridized carbons (Fsp3) is 0.417. The van der Waals surface area contributed by atoms with Gasteiger partial charge in [0.05, 0.1) is 0 Å². The molecule has 2 amide bonds. The monoisotopic (exact) mass is 392 g/mol. The Labute approximate surface area is 172 Å². The molecular formula is C24H28N2O3. The first-order chi connectivity index (χ1) is 14.0. The predicted molar refractivity (Wildman–Crippen MR) is 113 cm³/mol. The average molecular weight is 392 g/mol. The molecule has 1 saturated carbocycles. The largest absolute Gasteiger partial charge is 0.445 e. The number of ether oxygens (including phenoxy) is 1. The third kappa shape index (κ3) is 4.44. The zero-order valence-corrected chi connectivity index (χ0v) is 17.1. The second-order valence-electron chi connectivity index (χ2n) is 8.31. The summed E-state index contributed by atoms with van der Waals surface area (Å²) < 4.78 is 5.49. The molecule has 2 aromatic rings. The van der Waals surface area contributed by atoms with E-state index in [2.05, 4.69) is 19.1 Å². The Morgan fingerprint density at radius 2 is 1.76 bits per heavy atom. The number of carbonyl (C=O) groups excluding carboxylic acids is 2. The molecule has 1 heterocycles. The highest BCUT2D eigenvalue weighted by atomic mass is 16.6. The van der Waals surface area contributed by atoms with Gasteiger partial charge in [-0.05, 0) is 54.4 Å². The van der Waals surface area contributed by atoms with Gasteiger partial charge in [-0.2, -0.15) is 0 Å². The lowest BCUT2D eigenvalue weighted by Gasteiger charge is -2.27. The minimum absolute atomic E-state index is 0.0646. The summed E-state index contributed by atoms with van der Waals surface area (Å²) in [4.78, 5) is 29.1. The normalized spacial score (nSPS) is 21.1. The fourth-order valence-corrected chi connectivity index (χ4v) is 4.02. The summed E-state index contributed by atoms with van der Waals surface area (Å²) in [6, 6.07) is 17.3. The molecule has 0 spiro atoms. The zero-order chi connectivity index (χ0) is 20.4. The average Bonchev–Trinajstić information content (AvgIpc) is 3.53. The van der Waals surface area contributed by atoms with Crippen LogP contribution in [0, 0.1) is 5.92 Å². The lowest BCUT2D eigenvalue weighted by Crippen LogP contribution is -2.46. The standard InChI is InChI=1S/C24H28N2O3/c1-17-14-22(26(15-17)24(28)29-16-18-6-4-3-5-7-18)23(27)25(2)21-12-10-20(11-13-21)19-8-9-19/h3-7,10-13,17,19,22H,8-9,14-16H2,1-2H3/t17-,22+/m0/s1. The van der Waals surface area contributed by atoms with Gasteiger partial charge in [-0.15, -0.1) is 0 Å². The van der Waals surface area contributed by atoms with Crippen LogP contribution in [-0.2, 0) is 16.1 Å². The predicted octanol–water partition coefficient (Wildman–Crippen LogP) is 4.57. The fourth-order valence-electron chi connectivity index (χ4n) is 4.02. The minimum atomic E-state index is -0.485. The van der Waals surface area contributed by atoms with Gasteiger partial charge >= 0.3 is 6.09 Å². The molecule has 4 rings (SSSR count). The molecule has 152 valence electrons. The van der Waals surface area contributed by atoms with Crippen LogP contribution in [0.4, 0.5) is 10.5 Å². The molecule has 2 aromatic carbocycles. The van der Waals surface area contributed by atoms with Crippen molar-refractivity contribution in [2.24, 2.45) is 5.92 Å². The number of rotatable bonds is 5. The van der Waals surface area contributed by atoms with Crippen molar-refractivity contribution in [1.82, 2.24) is 4.90 Å². The van der Waals surface area contributed by atoms with E-state index in [1.54, 1.807) is 16.8 Å². The van der Waals surface area contributed by atoms with Gasteiger partial charge in [0, 0.05) is 19.3 Å². The minimum Gasteiger partial charge on any atom is -0.445 e. The molecular weight excluding hydrogens is 364 g/mol. The third-order valence-corrected chi connectivity index (χ3v) is 5.89. The van der Waals surface area contributed by atoms with Crippen molar-refractivity contribution in [2.45, 2.75) is 44.8 Å². The van der Waals surface area contributed by atoms with Crippen molar-refractivity contribution in [2.75, 3.05) is 18.5 Å². The molecule has 2 atom stereocenters. The number of nitrogens with zero attached hydrogens (tertiary/aromatic N) is 2. The van der Waals surface area contributed by atoms with Crippen LogP contribution in [0.25, 0.3) is 0 Å². The molecule has 5 heteroatoms. The van der Waals surface area contributed by atoms with Gasteiger partial charge in [-0.1, -0.05) is 49.4 Å². The van der Waals surface area contributed by atoms with Crippen LogP contribution >= 0.6 is 0 Å². The van der Waals surface area contributed by atoms with Crippen LogP contribution in [0.1, 0.15) is 43.2 Å². The molecule has 1 aliphatic heterocycles. The van der Waals surface area contributed by atoms with E-state index in [4.69, 9.17) is 4.74 Å². The van der Waals surface area contributed by atoms with Crippen molar-refractivity contribution >= 4 is 17.7 Å². The number of anilines is 1. The van der Waals surface area contributed by atoms with Gasteiger partial charge < -0.3 is 9.64 Å². The van der Waals surface area contributed by atoms with Gasteiger partial charge in [0.25, 0.3) is 0 Å². The van der Waals surface area contributed by atoms with Crippen molar-refractivity contribution in [3.8, 4) is 0 Å². The van der Waals surface area contributed by atoms with Crippen LogP contribution in [0.15, 0.2) is 54.6 Å². The molecule has 0 bridgehead atoms. The number of hydrogen-bond acceptors (Lipinski definition) is 3. The zero-order valence-electron chi connectivity index (χ0n) is 17.1. The highest BCUT2D eigenvalue weighted by Gasteiger charge is 2.40. The Hall–Kier alpha value is -2.82. The van der Waals surface area contributed by atoms with Gasteiger partial charge in [-0.25, -0.2) is 4.79 Å². The first kappa shape index (κ1) is 19.5. The Balaban J connectivity index is 1.41. The van der Waals surface area contributed by atoms with Crippen molar-refractivity contribution in [3.05, 3.63) is 65.7 Å². The van der Waals surface area contributed by atoms with E-state index in [-0.39, 0.29) is 18.4 Å².